The van der Waals surface area contributed by atoms with Gasteiger partial charge < -0.3 is 10.2 Å². The van der Waals surface area contributed by atoms with Crippen molar-refractivity contribution in [1.29, 1.82) is 0 Å². The highest BCUT2D eigenvalue weighted by Crippen LogP contribution is 2.27. The van der Waals surface area contributed by atoms with Crippen molar-refractivity contribution in [2.75, 3.05) is 31.5 Å². The van der Waals surface area contributed by atoms with E-state index < -0.39 is 0 Å². The summed E-state index contributed by atoms with van der Waals surface area (Å²) in [5.74, 6) is 0.219. The van der Waals surface area contributed by atoms with Gasteiger partial charge in [0.2, 0.25) is 11.8 Å². The molecule has 2 saturated heterocycles. The lowest BCUT2D eigenvalue weighted by Gasteiger charge is -2.39. The molecule has 7 nitrogen and oxygen atoms in total. The third-order valence-corrected chi connectivity index (χ3v) is 7.27. The highest BCUT2D eigenvalue weighted by atomic mass is 32.1. The minimum absolute atomic E-state index is 0.0239. The summed E-state index contributed by atoms with van der Waals surface area (Å²) in [6, 6.07) is 7.77. The van der Waals surface area contributed by atoms with Crippen LogP contribution in [0.25, 0.3) is 10.6 Å². The normalized spacial score (nSPS) is 20.6. The van der Waals surface area contributed by atoms with Crippen LogP contribution in [0.3, 0.4) is 0 Å². The molecule has 166 valence electrons. The summed E-state index contributed by atoms with van der Waals surface area (Å²) >= 11 is 1.54. The van der Waals surface area contributed by atoms with Crippen LogP contribution in [0.15, 0.2) is 24.3 Å². The van der Waals surface area contributed by atoms with Crippen molar-refractivity contribution in [2.24, 2.45) is 5.92 Å². The van der Waals surface area contributed by atoms with Gasteiger partial charge in [0.1, 0.15) is 10.0 Å². The zero-order valence-electron chi connectivity index (χ0n) is 18.3. The molecule has 1 aromatic heterocycles. The molecule has 2 amide bonds. The molecule has 3 heterocycles. The Kier molecular flexibility index (Phi) is 6.97. The largest absolute Gasteiger partial charge is 0.341 e. The fourth-order valence-electron chi connectivity index (χ4n) is 4.61. The van der Waals surface area contributed by atoms with E-state index in [4.69, 9.17) is 0 Å². The van der Waals surface area contributed by atoms with Gasteiger partial charge in [-0.25, -0.2) is 0 Å². The van der Waals surface area contributed by atoms with Crippen LogP contribution < -0.4 is 5.32 Å². The quantitative estimate of drug-likeness (QED) is 0.768. The smallest absolute Gasteiger partial charge is 0.239 e. The van der Waals surface area contributed by atoms with Gasteiger partial charge in [-0.3, -0.25) is 14.5 Å². The van der Waals surface area contributed by atoms with E-state index in [-0.39, 0.29) is 23.8 Å². The summed E-state index contributed by atoms with van der Waals surface area (Å²) in [6.45, 7) is 7.32. The number of anilines is 1. The van der Waals surface area contributed by atoms with Crippen molar-refractivity contribution < 1.29 is 9.59 Å². The molecule has 0 spiro atoms. The second-order valence-electron chi connectivity index (χ2n) is 8.44. The Balaban J connectivity index is 1.32. The number of likely N-dealkylation sites (N-methyl/N-ethyl adjacent to an activating group) is 1. The van der Waals surface area contributed by atoms with Crippen LogP contribution in [-0.2, 0) is 9.59 Å². The van der Waals surface area contributed by atoms with Crippen LogP contribution in [0.4, 0.5) is 5.69 Å². The molecular formula is C23H31N5O2S. The molecule has 1 unspecified atom stereocenters. The zero-order valence-corrected chi connectivity index (χ0v) is 19.2. The molecule has 2 aliphatic heterocycles. The van der Waals surface area contributed by atoms with Gasteiger partial charge >= 0.3 is 0 Å². The molecule has 2 aliphatic rings. The third kappa shape index (κ3) is 5.13. The number of rotatable bonds is 5. The van der Waals surface area contributed by atoms with Crippen molar-refractivity contribution in [3.05, 3.63) is 29.3 Å². The molecule has 1 N–H and O–H groups in total. The van der Waals surface area contributed by atoms with Crippen molar-refractivity contribution in [1.82, 2.24) is 20.0 Å². The summed E-state index contributed by atoms with van der Waals surface area (Å²) in [5, 5.41) is 13.1. The maximum Gasteiger partial charge on any atom is 0.239 e. The SMILES string of the molecule is CCN1CCCCC1C(=O)N1CCC(C(=O)Nc2cccc(-c3nnc(C)s3)c2)CC1. The van der Waals surface area contributed by atoms with Gasteiger partial charge in [-0.1, -0.05) is 36.8 Å². The van der Waals surface area contributed by atoms with E-state index in [1.54, 1.807) is 0 Å². The van der Waals surface area contributed by atoms with Crippen LogP contribution in [0.5, 0.6) is 0 Å². The van der Waals surface area contributed by atoms with E-state index in [0.717, 1.165) is 47.2 Å². The Bertz CT molecular complexity index is 922. The van der Waals surface area contributed by atoms with E-state index in [1.807, 2.05) is 36.1 Å². The van der Waals surface area contributed by atoms with E-state index in [1.165, 1.54) is 17.8 Å². The number of piperidine rings is 2. The van der Waals surface area contributed by atoms with E-state index >= 15 is 0 Å². The molecule has 8 heteroatoms. The maximum atomic E-state index is 13.0. The predicted molar refractivity (Wildman–Crippen MR) is 123 cm³/mol. The average molecular weight is 442 g/mol. The first-order valence-corrected chi connectivity index (χ1v) is 12.1. The Morgan fingerprint density at radius 2 is 1.94 bits per heavy atom. The third-order valence-electron chi connectivity index (χ3n) is 6.39. The second kappa shape index (κ2) is 9.87. The maximum absolute atomic E-state index is 13.0. The van der Waals surface area contributed by atoms with Crippen LogP contribution in [0.1, 0.15) is 44.0 Å². The first kappa shape index (κ1) is 21.9. The van der Waals surface area contributed by atoms with Gasteiger partial charge in [-0.2, -0.15) is 0 Å². The number of likely N-dealkylation sites (tertiary alicyclic amines) is 2. The topological polar surface area (TPSA) is 78.4 Å². The summed E-state index contributed by atoms with van der Waals surface area (Å²) in [4.78, 5) is 30.2. The number of carbonyl (C=O) groups excluding carboxylic acids is 2. The first-order chi connectivity index (χ1) is 15.0. The van der Waals surface area contributed by atoms with Gasteiger partial charge in [-0.15, -0.1) is 10.2 Å². The first-order valence-electron chi connectivity index (χ1n) is 11.3. The number of nitrogens with zero attached hydrogens (tertiary/aromatic N) is 4. The Morgan fingerprint density at radius 1 is 1.13 bits per heavy atom. The summed E-state index contributed by atoms with van der Waals surface area (Å²) in [5.41, 5.74) is 1.73. The predicted octanol–water partition coefficient (Wildman–Crippen LogP) is 3.57. The van der Waals surface area contributed by atoms with E-state index in [0.29, 0.717) is 25.9 Å². The Hall–Kier alpha value is -2.32. The lowest BCUT2D eigenvalue weighted by molar-refractivity contribution is -0.140. The number of amides is 2. The molecule has 1 atom stereocenters. The number of aryl methyl sites for hydroxylation is 1. The molecule has 0 saturated carbocycles. The monoisotopic (exact) mass is 441 g/mol. The molecule has 0 aliphatic carbocycles. The van der Waals surface area contributed by atoms with E-state index in [9.17, 15) is 9.59 Å². The van der Waals surface area contributed by atoms with Gasteiger partial charge in [0, 0.05) is 30.3 Å². The average Bonchev–Trinajstić information content (AvgIpc) is 3.25. The molecule has 0 radical (unpaired) electrons. The number of hydrogen-bond acceptors (Lipinski definition) is 6. The number of hydrogen-bond donors (Lipinski definition) is 1. The molecule has 31 heavy (non-hydrogen) atoms. The lowest BCUT2D eigenvalue weighted by atomic mass is 9.94. The minimum Gasteiger partial charge on any atom is -0.341 e. The Morgan fingerprint density at radius 3 is 2.65 bits per heavy atom. The molecule has 2 aromatic rings. The van der Waals surface area contributed by atoms with Crippen molar-refractivity contribution in [2.45, 2.75) is 52.0 Å². The fraction of sp³-hybridized carbons (Fsp3) is 0.565. The Labute approximate surface area is 187 Å². The van der Waals surface area contributed by atoms with Crippen molar-refractivity contribution >= 4 is 28.8 Å². The highest BCUT2D eigenvalue weighted by Gasteiger charge is 2.34. The highest BCUT2D eigenvalue weighted by molar-refractivity contribution is 7.14. The van der Waals surface area contributed by atoms with Gasteiger partial charge in [0.05, 0.1) is 6.04 Å². The lowest BCUT2D eigenvalue weighted by Crippen LogP contribution is -2.53. The fourth-order valence-corrected chi connectivity index (χ4v) is 5.30. The van der Waals surface area contributed by atoms with Crippen LogP contribution in [-0.4, -0.2) is 64.0 Å². The van der Waals surface area contributed by atoms with Gasteiger partial charge in [0.25, 0.3) is 0 Å². The summed E-state index contributed by atoms with van der Waals surface area (Å²) in [6.07, 6.45) is 4.69. The van der Waals surface area contributed by atoms with Gasteiger partial charge in [-0.05, 0) is 57.8 Å². The second-order valence-corrected chi connectivity index (χ2v) is 9.62. The molecule has 2 fully saturated rings. The standard InChI is InChI=1S/C23H31N5O2S/c1-3-27-12-5-4-9-20(27)23(30)28-13-10-17(11-14-28)21(29)24-19-8-6-7-18(15-19)22-26-25-16(2)31-22/h6-8,15,17,20H,3-5,9-14H2,1-2H3,(H,24,29). The number of nitrogens with one attached hydrogen (secondary N) is 1. The molecular weight excluding hydrogens is 410 g/mol. The number of carbonyl (C=O) groups is 2. The minimum atomic E-state index is -0.0647. The molecule has 0 bridgehead atoms. The van der Waals surface area contributed by atoms with Gasteiger partial charge in [0.15, 0.2) is 0 Å². The van der Waals surface area contributed by atoms with Crippen molar-refractivity contribution in [3.63, 3.8) is 0 Å². The van der Waals surface area contributed by atoms with Crippen molar-refractivity contribution in [3.8, 4) is 10.6 Å². The molecule has 4 rings (SSSR count). The summed E-state index contributed by atoms with van der Waals surface area (Å²) < 4.78 is 0. The van der Waals surface area contributed by atoms with Crippen LogP contribution in [0.2, 0.25) is 0 Å². The summed E-state index contributed by atoms with van der Waals surface area (Å²) in [7, 11) is 0. The number of aromatic nitrogens is 2. The number of benzene rings is 1. The van der Waals surface area contributed by atoms with E-state index in [2.05, 4.69) is 27.3 Å². The van der Waals surface area contributed by atoms with Crippen LogP contribution >= 0.6 is 11.3 Å². The van der Waals surface area contributed by atoms with Crippen LogP contribution in [0, 0.1) is 12.8 Å². The molecule has 1 aromatic carbocycles. The zero-order chi connectivity index (χ0) is 21.8.